The Bertz CT molecular complexity index is 121. The van der Waals surface area contributed by atoms with Crippen LogP contribution in [-0.2, 0) is 28.4 Å². The topological polar surface area (TPSA) is 78.3 Å². The molecule has 65 valence electrons. The first-order chi connectivity index (χ1) is 5.22. The van der Waals surface area contributed by atoms with E-state index >= 15 is 0 Å². The number of hydrogen-bond acceptors (Lipinski definition) is 4. The molecule has 0 rings (SSSR count). The first kappa shape index (κ1) is 11.1. The number of rotatable bonds is 5. The number of nitrogens with two attached hydrogens (primary N) is 2. The van der Waals surface area contributed by atoms with E-state index in [0.29, 0.717) is 13.0 Å². The monoisotopic (exact) mass is 243 g/mol. The summed E-state index contributed by atoms with van der Waals surface area (Å²) in [7, 11) is 0. The van der Waals surface area contributed by atoms with Gasteiger partial charge in [0, 0.05) is 0 Å². The predicted molar refractivity (Wildman–Crippen MR) is 37.0 cm³/mol. The van der Waals surface area contributed by atoms with Crippen molar-refractivity contribution < 1.29 is 28.4 Å². The zero-order valence-corrected chi connectivity index (χ0v) is 8.29. The molecule has 11 heavy (non-hydrogen) atoms. The van der Waals surface area contributed by atoms with Gasteiger partial charge in [-0.25, -0.2) is 0 Å². The predicted octanol–water partition coefficient (Wildman–Crippen LogP) is -0.552. The Kier molecular flexibility index (Phi) is 6.82. The molecule has 4 N–H and O–H groups in total. The maximum atomic E-state index is 10.7. The van der Waals surface area contributed by atoms with Crippen molar-refractivity contribution in [3.63, 3.8) is 0 Å². The SMILES string of the molecule is NCCCC[C@H](N)C(=O)[O][Mo]. The molecule has 0 heterocycles. The average Bonchev–Trinajstić information content (AvgIpc) is 2.03. The van der Waals surface area contributed by atoms with E-state index in [-0.39, 0.29) is 5.97 Å². The van der Waals surface area contributed by atoms with Crippen LogP contribution >= 0.6 is 0 Å². The second-order valence-corrected chi connectivity index (χ2v) is 2.70. The van der Waals surface area contributed by atoms with Crippen molar-refractivity contribution in [2.24, 2.45) is 11.5 Å². The number of carbonyl (C=O) groups is 1. The standard InChI is InChI=1S/C6H14N2O2.Mo/c7-4-2-1-3-5(8)6(9)10;/h5H,1-4,7-8H2,(H,9,10);/q;+1/p-1/t5-;/m0./s1. The van der Waals surface area contributed by atoms with E-state index in [1.807, 2.05) is 0 Å². The van der Waals surface area contributed by atoms with Crippen molar-refractivity contribution in [2.45, 2.75) is 25.3 Å². The Morgan fingerprint density at radius 2 is 2.18 bits per heavy atom. The minimum atomic E-state index is -0.478. The third kappa shape index (κ3) is 5.36. The summed E-state index contributed by atoms with van der Waals surface area (Å²) in [4.78, 5) is 10.7. The number of unbranched alkanes of at least 4 members (excludes halogenated alkanes) is 1. The van der Waals surface area contributed by atoms with Crippen molar-refractivity contribution in [2.75, 3.05) is 6.54 Å². The van der Waals surface area contributed by atoms with Crippen molar-refractivity contribution in [3.8, 4) is 0 Å². The van der Waals surface area contributed by atoms with Crippen LogP contribution in [0.3, 0.4) is 0 Å². The average molecular weight is 241 g/mol. The molecule has 0 aromatic heterocycles. The summed E-state index contributed by atoms with van der Waals surface area (Å²) in [5.41, 5.74) is 10.7. The molecule has 0 radical (unpaired) electrons. The van der Waals surface area contributed by atoms with Gasteiger partial charge in [-0.3, -0.25) is 0 Å². The molecular formula is C6H13MoN2O2. The van der Waals surface area contributed by atoms with Crippen LogP contribution in [0, 0.1) is 0 Å². The Balaban J connectivity index is 3.36. The number of hydrogen-bond donors (Lipinski definition) is 2. The molecule has 0 amide bonds. The van der Waals surface area contributed by atoms with Gasteiger partial charge in [0.15, 0.2) is 0 Å². The maximum absolute atomic E-state index is 10.7. The Labute approximate surface area is 78.0 Å². The van der Waals surface area contributed by atoms with E-state index in [0.717, 1.165) is 12.8 Å². The van der Waals surface area contributed by atoms with Crippen LogP contribution in [0.15, 0.2) is 0 Å². The third-order valence-electron chi connectivity index (χ3n) is 1.35. The summed E-state index contributed by atoms with van der Waals surface area (Å²) >= 11 is 1.27. The van der Waals surface area contributed by atoms with Crippen LogP contribution in [0.1, 0.15) is 19.3 Å². The first-order valence-corrected chi connectivity index (χ1v) is 4.33. The molecule has 5 heteroatoms. The third-order valence-corrected chi connectivity index (χ3v) is 1.76. The molecule has 0 unspecified atom stereocenters. The van der Waals surface area contributed by atoms with Gasteiger partial charge in [-0.05, 0) is 0 Å². The zero-order valence-electron chi connectivity index (χ0n) is 6.29. The fourth-order valence-corrected chi connectivity index (χ4v) is 0.992. The van der Waals surface area contributed by atoms with Crippen molar-refractivity contribution in [3.05, 3.63) is 0 Å². The van der Waals surface area contributed by atoms with Gasteiger partial charge in [0.1, 0.15) is 0 Å². The second kappa shape index (κ2) is 6.77. The van der Waals surface area contributed by atoms with E-state index < -0.39 is 6.04 Å². The summed E-state index contributed by atoms with van der Waals surface area (Å²) in [5, 5.41) is 0. The van der Waals surface area contributed by atoms with E-state index in [1.165, 1.54) is 20.2 Å². The van der Waals surface area contributed by atoms with Gasteiger partial charge in [-0.15, -0.1) is 0 Å². The van der Waals surface area contributed by atoms with Crippen LogP contribution < -0.4 is 11.5 Å². The Morgan fingerprint density at radius 3 is 2.64 bits per heavy atom. The van der Waals surface area contributed by atoms with Gasteiger partial charge in [-0.1, -0.05) is 0 Å². The fraction of sp³-hybridized carbons (Fsp3) is 0.833. The van der Waals surface area contributed by atoms with Crippen LogP contribution in [0.25, 0.3) is 0 Å². The molecule has 4 nitrogen and oxygen atoms in total. The molecule has 0 aromatic carbocycles. The van der Waals surface area contributed by atoms with Gasteiger partial charge in [0.2, 0.25) is 0 Å². The molecule has 0 fully saturated rings. The summed E-state index contributed by atoms with van der Waals surface area (Å²) in [6.45, 7) is 0.647. The van der Waals surface area contributed by atoms with Gasteiger partial charge in [0.25, 0.3) is 0 Å². The minimum absolute atomic E-state index is 0.341. The molecule has 1 atom stereocenters. The van der Waals surface area contributed by atoms with Crippen molar-refractivity contribution in [1.82, 2.24) is 0 Å². The van der Waals surface area contributed by atoms with E-state index in [9.17, 15) is 4.79 Å². The first-order valence-electron chi connectivity index (χ1n) is 3.51. The summed E-state index contributed by atoms with van der Waals surface area (Å²) in [6, 6.07) is -0.478. The molecule has 0 saturated heterocycles. The van der Waals surface area contributed by atoms with Crippen LogP contribution in [0.4, 0.5) is 0 Å². The fourth-order valence-electron chi connectivity index (χ4n) is 0.688. The molecule has 0 aromatic rings. The molecule has 0 aliphatic carbocycles. The van der Waals surface area contributed by atoms with E-state index in [2.05, 4.69) is 3.39 Å². The van der Waals surface area contributed by atoms with E-state index in [4.69, 9.17) is 11.5 Å². The molecule has 0 spiro atoms. The van der Waals surface area contributed by atoms with Crippen molar-refractivity contribution >= 4 is 5.97 Å². The summed E-state index contributed by atoms with van der Waals surface area (Å²) in [6.07, 6.45) is 2.45. The Hall–Kier alpha value is 0.0783. The molecule has 0 saturated carbocycles. The second-order valence-electron chi connectivity index (χ2n) is 2.29. The Morgan fingerprint density at radius 1 is 1.55 bits per heavy atom. The molecule has 0 aliphatic heterocycles. The van der Waals surface area contributed by atoms with Crippen LogP contribution in [0.5, 0.6) is 0 Å². The zero-order chi connectivity index (χ0) is 8.69. The van der Waals surface area contributed by atoms with Crippen LogP contribution in [-0.4, -0.2) is 18.6 Å². The normalized spacial score (nSPS) is 12.5. The van der Waals surface area contributed by atoms with E-state index in [1.54, 1.807) is 0 Å². The molecule has 0 bridgehead atoms. The quantitative estimate of drug-likeness (QED) is 0.500. The van der Waals surface area contributed by atoms with Gasteiger partial charge < -0.3 is 0 Å². The summed E-state index contributed by atoms with van der Waals surface area (Å²) < 4.78 is 4.46. The summed E-state index contributed by atoms with van der Waals surface area (Å²) in [5.74, 6) is -0.341. The molecule has 0 aliphatic rings. The van der Waals surface area contributed by atoms with Gasteiger partial charge in [0.05, 0.1) is 0 Å². The number of carbonyl (C=O) groups excluding carboxylic acids is 1. The van der Waals surface area contributed by atoms with Gasteiger partial charge in [-0.2, -0.15) is 0 Å². The van der Waals surface area contributed by atoms with Crippen LogP contribution in [0.2, 0.25) is 0 Å². The van der Waals surface area contributed by atoms with Crippen molar-refractivity contribution in [1.29, 1.82) is 0 Å². The molecular weight excluding hydrogens is 228 g/mol. The van der Waals surface area contributed by atoms with Gasteiger partial charge >= 0.3 is 77.7 Å².